The molecule has 0 aliphatic carbocycles. The van der Waals surface area contributed by atoms with E-state index in [4.69, 9.17) is 9.72 Å². The molecule has 38 heavy (non-hydrogen) atoms. The monoisotopic (exact) mass is 518 g/mol. The molecule has 6 rings (SSSR count). The molecule has 1 fully saturated rings. The molecule has 2 aliphatic rings. The Morgan fingerprint density at radius 3 is 2.66 bits per heavy atom. The molecule has 0 amide bonds. The lowest BCUT2D eigenvalue weighted by molar-refractivity contribution is 0.138. The number of hydrogen-bond acceptors (Lipinski definition) is 6. The van der Waals surface area contributed by atoms with Crippen LogP contribution in [0, 0.1) is 12.7 Å². The average Bonchev–Trinajstić information content (AvgIpc) is 3.61. The molecule has 1 atom stereocenters. The van der Waals surface area contributed by atoms with Gasteiger partial charge in [0.05, 0.1) is 23.8 Å². The third kappa shape index (κ3) is 4.30. The Bertz CT molecular complexity index is 1470. The van der Waals surface area contributed by atoms with Crippen molar-refractivity contribution in [1.82, 2.24) is 39.0 Å². The van der Waals surface area contributed by atoms with Gasteiger partial charge in [0.15, 0.2) is 5.82 Å². The highest BCUT2D eigenvalue weighted by Gasteiger charge is 2.28. The van der Waals surface area contributed by atoms with Crippen LogP contribution in [-0.2, 0) is 6.54 Å². The molecule has 1 aromatic carbocycles. The van der Waals surface area contributed by atoms with E-state index < -0.39 is 0 Å². The fraction of sp³-hybridized carbons (Fsp3) is 0.500. The molecule has 4 aromatic rings. The Kier molecular flexibility index (Phi) is 6.29. The summed E-state index contributed by atoms with van der Waals surface area (Å²) >= 11 is 0. The number of fused-ring (bicyclic) bond motifs is 3. The van der Waals surface area contributed by atoms with E-state index in [9.17, 15) is 0 Å². The second kappa shape index (κ2) is 9.65. The van der Waals surface area contributed by atoms with E-state index in [1.807, 2.05) is 34.6 Å². The van der Waals surface area contributed by atoms with Crippen molar-refractivity contribution in [2.24, 2.45) is 0 Å². The van der Waals surface area contributed by atoms with Gasteiger partial charge in [-0.05, 0) is 66.1 Å². The number of imidazole rings is 1. The zero-order chi connectivity index (χ0) is 26.6. The summed E-state index contributed by atoms with van der Waals surface area (Å²) in [5.41, 5.74) is 2.79. The van der Waals surface area contributed by atoms with E-state index in [0.29, 0.717) is 36.3 Å². The molecular weight excluding hydrogens is 483 g/mol. The second-order valence-corrected chi connectivity index (χ2v) is 10.9. The van der Waals surface area contributed by atoms with E-state index in [1.165, 1.54) is 6.07 Å². The van der Waals surface area contributed by atoms with Crippen molar-refractivity contribution in [2.75, 3.05) is 19.7 Å². The van der Waals surface area contributed by atoms with Crippen molar-refractivity contribution in [1.29, 1.82) is 0 Å². The smallest absolute Gasteiger partial charge is 0.178 e. The molecule has 2 aliphatic heterocycles. The number of aryl methyl sites for hydroxylation is 1. The van der Waals surface area contributed by atoms with E-state index in [-0.39, 0.29) is 17.9 Å². The van der Waals surface area contributed by atoms with Crippen molar-refractivity contribution in [3.63, 3.8) is 0 Å². The molecule has 0 radical (unpaired) electrons. The molecule has 0 N–H and O–H groups in total. The number of benzene rings is 1. The standard InChI is InChI=1S/C28H35FN8O/c1-17(2)34-10-6-7-20(15-34)37-25(8-9-30-37)21-13-22-26(14-23(21)29)38-12-11-35-16-24(32-27(22)35)28-31-19(5)33-36(28)18(3)4/h8-9,13-14,16-18,20H,6-7,10-12,15H2,1-5H3/t20-/m1/s1. The SMILES string of the molecule is Cc1nc(-c2cn3c(n2)-c2cc(-c4ccnn4[C@@H]4CCCN(C(C)C)C4)c(F)cc2OCC3)n(C(C)C)n1. The molecule has 3 aromatic heterocycles. The maximum atomic E-state index is 15.6. The minimum Gasteiger partial charge on any atom is -0.491 e. The van der Waals surface area contributed by atoms with Gasteiger partial charge in [-0.15, -0.1) is 0 Å². The van der Waals surface area contributed by atoms with Gasteiger partial charge in [-0.1, -0.05) is 0 Å². The van der Waals surface area contributed by atoms with E-state index in [2.05, 4.69) is 52.3 Å². The maximum Gasteiger partial charge on any atom is 0.178 e. The topological polar surface area (TPSA) is 78.8 Å². The fourth-order valence-electron chi connectivity index (χ4n) is 5.64. The predicted molar refractivity (Wildman–Crippen MR) is 143 cm³/mol. The minimum absolute atomic E-state index is 0.149. The summed E-state index contributed by atoms with van der Waals surface area (Å²) in [7, 11) is 0. The Hall–Kier alpha value is -3.53. The van der Waals surface area contributed by atoms with Crippen LogP contribution in [0.5, 0.6) is 5.75 Å². The number of hydrogen-bond donors (Lipinski definition) is 0. The van der Waals surface area contributed by atoms with Crippen LogP contribution in [0.2, 0.25) is 0 Å². The van der Waals surface area contributed by atoms with Crippen LogP contribution in [0.3, 0.4) is 0 Å². The van der Waals surface area contributed by atoms with Crippen molar-refractivity contribution >= 4 is 0 Å². The summed E-state index contributed by atoms with van der Waals surface area (Å²) in [6.07, 6.45) is 5.89. The van der Waals surface area contributed by atoms with Crippen LogP contribution in [-0.4, -0.2) is 64.7 Å². The lowest BCUT2D eigenvalue weighted by Crippen LogP contribution is -2.41. The Morgan fingerprint density at radius 1 is 1.03 bits per heavy atom. The van der Waals surface area contributed by atoms with Crippen LogP contribution in [0.25, 0.3) is 34.2 Å². The highest BCUT2D eigenvalue weighted by atomic mass is 19.1. The van der Waals surface area contributed by atoms with Gasteiger partial charge in [0, 0.05) is 42.7 Å². The number of likely N-dealkylation sites (tertiary alicyclic amines) is 1. The average molecular weight is 519 g/mol. The van der Waals surface area contributed by atoms with Crippen LogP contribution in [0.15, 0.2) is 30.6 Å². The highest BCUT2D eigenvalue weighted by Crippen LogP contribution is 2.39. The van der Waals surface area contributed by atoms with Gasteiger partial charge in [0.1, 0.15) is 35.5 Å². The molecule has 5 heterocycles. The molecular formula is C28H35FN8O. The van der Waals surface area contributed by atoms with Gasteiger partial charge in [0.2, 0.25) is 0 Å². The van der Waals surface area contributed by atoms with Crippen LogP contribution >= 0.6 is 0 Å². The summed E-state index contributed by atoms with van der Waals surface area (Å²) in [6, 6.07) is 6.08. The van der Waals surface area contributed by atoms with E-state index >= 15 is 4.39 Å². The number of aromatic nitrogens is 7. The second-order valence-electron chi connectivity index (χ2n) is 10.9. The summed E-state index contributed by atoms with van der Waals surface area (Å²) in [6.45, 7) is 13.5. The van der Waals surface area contributed by atoms with Crippen LogP contribution < -0.4 is 4.74 Å². The zero-order valence-corrected chi connectivity index (χ0v) is 22.7. The van der Waals surface area contributed by atoms with Crippen molar-refractivity contribution in [3.05, 3.63) is 42.2 Å². The number of piperidine rings is 1. The van der Waals surface area contributed by atoms with Crippen molar-refractivity contribution < 1.29 is 9.13 Å². The third-order valence-corrected chi connectivity index (χ3v) is 7.58. The Labute approximate surface area is 222 Å². The van der Waals surface area contributed by atoms with Gasteiger partial charge in [0.25, 0.3) is 0 Å². The summed E-state index contributed by atoms with van der Waals surface area (Å²) in [5, 5.41) is 9.21. The van der Waals surface area contributed by atoms with Crippen LogP contribution in [0.4, 0.5) is 4.39 Å². The summed E-state index contributed by atoms with van der Waals surface area (Å²) in [4.78, 5) is 12.1. The number of rotatable bonds is 5. The first-order valence-electron chi connectivity index (χ1n) is 13.6. The maximum absolute atomic E-state index is 15.6. The largest absolute Gasteiger partial charge is 0.491 e. The van der Waals surface area contributed by atoms with Crippen molar-refractivity contribution in [2.45, 2.75) is 72.1 Å². The highest BCUT2D eigenvalue weighted by molar-refractivity contribution is 5.75. The first kappa shape index (κ1) is 24.8. The molecule has 0 spiro atoms. The summed E-state index contributed by atoms with van der Waals surface area (Å²) in [5.74, 6) is 2.35. The minimum atomic E-state index is -0.322. The van der Waals surface area contributed by atoms with Crippen molar-refractivity contribution in [3.8, 4) is 39.9 Å². The first-order chi connectivity index (χ1) is 18.3. The lowest BCUT2D eigenvalue weighted by atomic mass is 10.0. The molecule has 1 saturated heterocycles. The van der Waals surface area contributed by atoms with Gasteiger partial charge in [-0.2, -0.15) is 10.2 Å². The Balaban J connectivity index is 1.43. The van der Waals surface area contributed by atoms with Gasteiger partial charge in [-0.25, -0.2) is 19.0 Å². The summed E-state index contributed by atoms with van der Waals surface area (Å²) < 4.78 is 27.6. The number of ether oxygens (including phenoxy) is 1. The van der Waals surface area contributed by atoms with Gasteiger partial charge < -0.3 is 9.30 Å². The van der Waals surface area contributed by atoms with Gasteiger partial charge >= 0.3 is 0 Å². The fourth-order valence-corrected chi connectivity index (χ4v) is 5.64. The number of halogens is 1. The molecule has 0 bridgehead atoms. The van der Waals surface area contributed by atoms with E-state index in [1.54, 1.807) is 6.20 Å². The predicted octanol–water partition coefficient (Wildman–Crippen LogP) is 5.14. The lowest BCUT2D eigenvalue weighted by Gasteiger charge is -2.36. The molecule has 10 heteroatoms. The third-order valence-electron chi connectivity index (χ3n) is 7.58. The van der Waals surface area contributed by atoms with Crippen LogP contribution in [0.1, 0.15) is 58.4 Å². The van der Waals surface area contributed by atoms with E-state index in [0.717, 1.165) is 54.5 Å². The quantitative estimate of drug-likeness (QED) is 0.364. The first-order valence-corrected chi connectivity index (χ1v) is 13.6. The molecule has 9 nitrogen and oxygen atoms in total. The number of nitrogens with zero attached hydrogens (tertiary/aromatic N) is 8. The normalized spacial score (nSPS) is 17.9. The molecule has 0 unspecified atom stereocenters. The van der Waals surface area contributed by atoms with Gasteiger partial charge in [-0.3, -0.25) is 9.58 Å². The zero-order valence-electron chi connectivity index (χ0n) is 22.7. The molecule has 0 saturated carbocycles. The molecule has 200 valence electrons. The Morgan fingerprint density at radius 2 is 1.87 bits per heavy atom.